The summed E-state index contributed by atoms with van der Waals surface area (Å²) in [5, 5.41) is 3.26. The van der Waals surface area contributed by atoms with E-state index in [2.05, 4.69) is 10.3 Å². The second kappa shape index (κ2) is 5.75. The molecule has 1 aromatic heterocycles. The van der Waals surface area contributed by atoms with E-state index in [1.54, 1.807) is 25.1 Å². The molecule has 1 N–H and O–H groups in total. The summed E-state index contributed by atoms with van der Waals surface area (Å²) in [5.41, 5.74) is 0.461. The number of halogens is 1. The second-order valence-corrected chi connectivity index (χ2v) is 5.05. The van der Waals surface area contributed by atoms with Gasteiger partial charge in [0.2, 0.25) is 0 Å². The molecule has 0 spiro atoms. The number of hydrogen-bond donors (Lipinski definition) is 1. The summed E-state index contributed by atoms with van der Waals surface area (Å²) in [4.78, 5) is 18.3. The summed E-state index contributed by atoms with van der Waals surface area (Å²) in [6.07, 6.45) is 2.40. The molecule has 1 saturated heterocycles. The van der Waals surface area contributed by atoms with Gasteiger partial charge in [0.25, 0.3) is 5.91 Å². The number of ether oxygens (including phenoxy) is 1. The van der Waals surface area contributed by atoms with Crippen molar-refractivity contribution >= 4 is 23.3 Å². The first-order chi connectivity index (χ1) is 9.04. The number of nitrogens with one attached hydrogen (secondary N) is 1. The molecule has 2 atom stereocenters. The Morgan fingerprint density at radius 3 is 2.95 bits per heavy atom. The van der Waals surface area contributed by atoms with E-state index < -0.39 is 0 Å². The summed E-state index contributed by atoms with van der Waals surface area (Å²) in [6, 6.07) is 1.76. The lowest BCUT2D eigenvalue weighted by molar-refractivity contribution is 0.0575. The van der Waals surface area contributed by atoms with Crippen molar-refractivity contribution in [2.75, 3.05) is 26.0 Å². The average molecular weight is 284 g/mol. The molecule has 0 aromatic carbocycles. The summed E-state index contributed by atoms with van der Waals surface area (Å²) < 4.78 is 5.50. The summed E-state index contributed by atoms with van der Waals surface area (Å²) in [6.45, 7) is 2.67. The Labute approximate surface area is 117 Å². The van der Waals surface area contributed by atoms with Crippen molar-refractivity contribution in [3.63, 3.8) is 0 Å². The maximum atomic E-state index is 12.5. The fourth-order valence-electron chi connectivity index (χ4n) is 2.31. The van der Waals surface area contributed by atoms with Gasteiger partial charge in [-0.05, 0) is 19.4 Å². The predicted octanol–water partition coefficient (Wildman–Crippen LogP) is 2.03. The minimum atomic E-state index is -0.105. The number of carbonyl (C=O) groups is 1. The second-order valence-electron chi connectivity index (χ2n) is 4.65. The first-order valence-corrected chi connectivity index (χ1v) is 6.64. The molecule has 2 heterocycles. The molecule has 1 aromatic rings. The van der Waals surface area contributed by atoms with Gasteiger partial charge in [0.05, 0.1) is 22.7 Å². The standard InChI is InChI=1S/C13H18ClN3O2/c1-8-11(4-5-19-8)17(3)13(18)9-6-12(15-2)16-7-10(9)14/h6-8,11H,4-5H2,1-3H3,(H,15,16). The molecule has 0 saturated carbocycles. The molecule has 1 fully saturated rings. The van der Waals surface area contributed by atoms with Crippen molar-refractivity contribution in [3.8, 4) is 0 Å². The van der Waals surface area contributed by atoms with Crippen LogP contribution in [0, 0.1) is 0 Å². The number of pyridine rings is 1. The lowest BCUT2D eigenvalue weighted by Crippen LogP contribution is -2.41. The van der Waals surface area contributed by atoms with Crippen molar-refractivity contribution in [2.24, 2.45) is 0 Å². The van der Waals surface area contributed by atoms with E-state index in [0.717, 1.165) is 6.42 Å². The van der Waals surface area contributed by atoms with Crippen molar-refractivity contribution in [2.45, 2.75) is 25.5 Å². The van der Waals surface area contributed by atoms with Crippen LogP contribution in [0.5, 0.6) is 0 Å². The lowest BCUT2D eigenvalue weighted by atomic mass is 10.1. The number of nitrogens with zero attached hydrogens (tertiary/aromatic N) is 2. The number of carbonyl (C=O) groups excluding carboxylic acids is 1. The van der Waals surface area contributed by atoms with Gasteiger partial charge in [-0.2, -0.15) is 0 Å². The minimum Gasteiger partial charge on any atom is -0.376 e. The van der Waals surface area contributed by atoms with E-state index in [9.17, 15) is 4.79 Å². The summed E-state index contributed by atoms with van der Waals surface area (Å²) >= 11 is 6.07. The maximum absolute atomic E-state index is 12.5. The Balaban J connectivity index is 2.23. The fourth-order valence-corrected chi connectivity index (χ4v) is 2.49. The molecule has 104 valence electrons. The van der Waals surface area contributed by atoms with Crippen LogP contribution in [0.1, 0.15) is 23.7 Å². The van der Waals surface area contributed by atoms with Crippen LogP contribution in [0.4, 0.5) is 5.82 Å². The molecule has 2 unspecified atom stereocenters. The highest BCUT2D eigenvalue weighted by Crippen LogP contribution is 2.24. The van der Waals surface area contributed by atoms with Gasteiger partial charge >= 0.3 is 0 Å². The Hall–Kier alpha value is -1.33. The lowest BCUT2D eigenvalue weighted by Gasteiger charge is -2.27. The van der Waals surface area contributed by atoms with E-state index in [-0.39, 0.29) is 18.1 Å². The molecule has 19 heavy (non-hydrogen) atoms. The SMILES string of the molecule is CNc1cc(C(=O)N(C)C2CCOC2C)c(Cl)cn1. The molecule has 1 aliphatic rings. The molecule has 0 radical (unpaired) electrons. The van der Waals surface area contributed by atoms with Crippen LogP contribution in [-0.2, 0) is 4.74 Å². The van der Waals surface area contributed by atoms with Crippen LogP contribution in [0.15, 0.2) is 12.3 Å². The number of amides is 1. The van der Waals surface area contributed by atoms with E-state index in [1.807, 2.05) is 6.92 Å². The number of rotatable bonds is 3. The average Bonchev–Trinajstić information content (AvgIpc) is 2.84. The Kier molecular flexibility index (Phi) is 4.27. The number of aromatic nitrogens is 1. The van der Waals surface area contributed by atoms with Gasteiger partial charge in [0, 0.05) is 26.9 Å². The van der Waals surface area contributed by atoms with Crippen LogP contribution in [0.25, 0.3) is 0 Å². The van der Waals surface area contributed by atoms with Crippen LogP contribution in [-0.4, -0.2) is 48.6 Å². The Bertz CT molecular complexity index is 481. The van der Waals surface area contributed by atoms with E-state index in [1.165, 1.54) is 6.20 Å². The van der Waals surface area contributed by atoms with Crippen LogP contribution in [0.2, 0.25) is 5.02 Å². The van der Waals surface area contributed by atoms with Gasteiger partial charge in [-0.15, -0.1) is 0 Å². The highest BCUT2D eigenvalue weighted by Gasteiger charge is 2.31. The first-order valence-electron chi connectivity index (χ1n) is 6.26. The zero-order valence-electron chi connectivity index (χ0n) is 11.3. The largest absolute Gasteiger partial charge is 0.376 e. The van der Waals surface area contributed by atoms with Crippen LogP contribution >= 0.6 is 11.6 Å². The monoisotopic (exact) mass is 283 g/mol. The first kappa shape index (κ1) is 14.1. The maximum Gasteiger partial charge on any atom is 0.255 e. The molecule has 5 nitrogen and oxygen atoms in total. The third-order valence-corrected chi connectivity index (χ3v) is 3.80. The number of hydrogen-bond acceptors (Lipinski definition) is 4. The molecule has 2 rings (SSSR count). The highest BCUT2D eigenvalue weighted by atomic mass is 35.5. The zero-order valence-corrected chi connectivity index (χ0v) is 12.1. The molecule has 6 heteroatoms. The van der Waals surface area contributed by atoms with Crippen molar-refractivity contribution < 1.29 is 9.53 Å². The quantitative estimate of drug-likeness (QED) is 0.922. The normalized spacial score (nSPS) is 22.3. The molecular formula is C13H18ClN3O2. The third-order valence-electron chi connectivity index (χ3n) is 3.50. The van der Waals surface area contributed by atoms with E-state index in [4.69, 9.17) is 16.3 Å². The zero-order chi connectivity index (χ0) is 14.0. The van der Waals surface area contributed by atoms with Crippen molar-refractivity contribution in [1.29, 1.82) is 0 Å². The number of anilines is 1. The number of likely N-dealkylation sites (N-methyl/N-ethyl adjacent to an activating group) is 1. The molecular weight excluding hydrogens is 266 g/mol. The van der Waals surface area contributed by atoms with Crippen LogP contribution < -0.4 is 5.32 Å². The molecule has 1 amide bonds. The third kappa shape index (κ3) is 2.82. The summed E-state index contributed by atoms with van der Waals surface area (Å²) in [7, 11) is 3.54. The molecule has 0 bridgehead atoms. The van der Waals surface area contributed by atoms with Gasteiger partial charge in [-0.25, -0.2) is 4.98 Å². The van der Waals surface area contributed by atoms with E-state index in [0.29, 0.717) is 23.0 Å². The van der Waals surface area contributed by atoms with Gasteiger partial charge < -0.3 is 15.0 Å². The van der Waals surface area contributed by atoms with Crippen LogP contribution in [0.3, 0.4) is 0 Å². The van der Waals surface area contributed by atoms with Gasteiger partial charge in [-0.3, -0.25) is 4.79 Å². The summed E-state index contributed by atoms with van der Waals surface area (Å²) in [5.74, 6) is 0.517. The van der Waals surface area contributed by atoms with Crippen molar-refractivity contribution in [1.82, 2.24) is 9.88 Å². The van der Waals surface area contributed by atoms with Gasteiger partial charge in [-0.1, -0.05) is 11.6 Å². The van der Waals surface area contributed by atoms with Gasteiger partial charge in [0.1, 0.15) is 5.82 Å². The predicted molar refractivity (Wildman–Crippen MR) is 74.7 cm³/mol. The van der Waals surface area contributed by atoms with Gasteiger partial charge in [0.15, 0.2) is 0 Å². The Morgan fingerprint density at radius 2 is 2.37 bits per heavy atom. The molecule has 0 aliphatic carbocycles. The topological polar surface area (TPSA) is 54.5 Å². The van der Waals surface area contributed by atoms with E-state index >= 15 is 0 Å². The highest BCUT2D eigenvalue weighted by molar-refractivity contribution is 6.33. The molecule has 1 aliphatic heterocycles. The van der Waals surface area contributed by atoms with Crippen molar-refractivity contribution in [3.05, 3.63) is 22.8 Å². The smallest absolute Gasteiger partial charge is 0.255 e. The minimum absolute atomic E-state index is 0.0540. The Morgan fingerprint density at radius 1 is 1.63 bits per heavy atom. The fraction of sp³-hybridized carbons (Fsp3) is 0.538.